The van der Waals surface area contributed by atoms with Crippen LogP contribution in [0.4, 0.5) is 19.3 Å². The van der Waals surface area contributed by atoms with E-state index in [1.54, 1.807) is 6.92 Å². The Morgan fingerprint density at radius 1 is 1.36 bits per heavy atom. The highest BCUT2D eigenvalue weighted by Crippen LogP contribution is 2.24. The summed E-state index contributed by atoms with van der Waals surface area (Å²) >= 11 is 0. The molecule has 1 fully saturated rings. The van der Waals surface area contributed by atoms with Gasteiger partial charge in [-0.1, -0.05) is 0 Å². The van der Waals surface area contributed by atoms with Crippen molar-refractivity contribution in [3.63, 3.8) is 0 Å². The molecule has 0 unspecified atom stereocenters. The van der Waals surface area contributed by atoms with Crippen LogP contribution in [0.5, 0.6) is 0 Å². The molecule has 0 aromatic heterocycles. The summed E-state index contributed by atoms with van der Waals surface area (Å²) in [5.41, 5.74) is -0.315. The Balaban J connectivity index is 2.10. The molecule has 0 spiro atoms. The minimum atomic E-state index is -1.01. The van der Waals surface area contributed by atoms with Crippen molar-refractivity contribution in [1.82, 2.24) is 10.6 Å². The smallest absolute Gasteiger partial charge is 0.329 e. The predicted molar refractivity (Wildman–Crippen MR) is 74.1 cm³/mol. The summed E-state index contributed by atoms with van der Waals surface area (Å²) in [5, 5.41) is 4.96. The molecule has 0 aliphatic carbocycles. The number of imide groups is 1. The first-order valence-corrected chi connectivity index (χ1v) is 6.80. The number of anilines is 1. The minimum absolute atomic E-state index is 0.0598. The van der Waals surface area contributed by atoms with Crippen LogP contribution in [0.2, 0.25) is 0 Å². The van der Waals surface area contributed by atoms with Crippen LogP contribution in [-0.4, -0.2) is 30.4 Å². The van der Waals surface area contributed by atoms with Crippen molar-refractivity contribution >= 4 is 23.5 Å². The molecule has 6 nitrogen and oxygen atoms in total. The molecule has 1 aromatic carbocycles. The van der Waals surface area contributed by atoms with Crippen LogP contribution in [0.25, 0.3) is 0 Å². The lowest BCUT2D eigenvalue weighted by atomic mass is 10.1. The highest BCUT2D eigenvalue weighted by atomic mass is 19.1. The van der Waals surface area contributed by atoms with E-state index in [-0.39, 0.29) is 24.4 Å². The SMILES string of the molecule is CCNC(=O)CC[C@@H]1NC(=O)N(c2ccc(F)cc2F)C1=O. The van der Waals surface area contributed by atoms with Crippen LogP contribution in [-0.2, 0) is 9.59 Å². The zero-order chi connectivity index (χ0) is 16.3. The monoisotopic (exact) mass is 311 g/mol. The number of rotatable bonds is 5. The number of benzene rings is 1. The molecule has 2 N–H and O–H groups in total. The number of hydrogen-bond acceptors (Lipinski definition) is 3. The molecular formula is C14H15F2N3O3. The Hall–Kier alpha value is -2.51. The van der Waals surface area contributed by atoms with Crippen molar-refractivity contribution in [3.05, 3.63) is 29.8 Å². The van der Waals surface area contributed by atoms with E-state index in [1.807, 2.05) is 0 Å². The fourth-order valence-corrected chi connectivity index (χ4v) is 2.18. The lowest BCUT2D eigenvalue weighted by Gasteiger charge is -2.13. The first-order valence-electron chi connectivity index (χ1n) is 6.80. The van der Waals surface area contributed by atoms with Crippen LogP contribution in [0.15, 0.2) is 18.2 Å². The van der Waals surface area contributed by atoms with Gasteiger partial charge in [-0.25, -0.2) is 18.5 Å². The summed E-state index contributed by atoms with van der Waals surface area (Å²) in [7, 11) is 0. The molecule has 2 rings (SSSR count). The van der Waals surface area contributed by atoms with Crippen molar-refractivity contribution in [1.29, 1.82) is 0 Å². The van der Waals surface area contributed by atoms with Gasteiger partial charge in [0.15, 0.2) is 0 Å². The van der Waals surface area contributed by atoms with Gasteiger partial charge in [0.1, 0.15) is 17.7 Å². The Morgan fingerprint density at radius 3 is 2.73 bits per heavy atom. The van der Waals surface area contributed by atoms with E-state index in [1.165, 1.54) is 0 Å². The number of nitrogens with one attached hydrogen (secondary N) is 2. The van der Waals surface area contributed by atoms with Crippen molar-refractivity contribution < 1.29 is 23.2 Å². The van der Waals surface area contributed by atoms with Gasteiger partial charge in [0.25, 0.3) is 5.91 Å². The minimum Gasteiger partial charge on any atom is -0.356 e. The molecule has 1 heterocycles. The molecule has 22 heavy (non-hydrogen) atoms. The maximum Gasteiger partial charge on any atom is 0.329 e. The molecule has 8 heteroatoms. The van der Waals surface area contributed by atoms with E-state index in [0.29, 0.717) is 17.5 Å². The number of nitrogens with zero attached hydrogens (tertiary/aromatic N) is 1. The predicted octanol–water partition coefficient (Wildman–Crippen LogP) is 1.31. The fourth-order valence-electron chi connectivity index (χ4n) is 2.18. The topological polar surface area (TPSA) is 78.5 Å². The zero-order valence-electron chi connectivity index (χ0n) is 11.9. The van der Waals surface area contributed by atoms with Gasteiger partial charge in [-0.2, -0.15) is 0 Å². The third kappa shape index (κ3) is 3.21. The van der Waals surface area contributed by atoms with E-state index in [9.17, 15) is 23.2 Å². The molecule has 0 bridgehead atoms. The molecule has 1 aliphatic rings. The summed E-state index contributed by atoms with van der Waals surface area (Å²) in [4.78, 5) is 36.0. The van der Waals surface area contributed by atoms with Crippen molar-refractivity contribution in [2.45, 2.75) is 25.8 Å². The normalized spacial score (nSPS) is 17.6. The average Bonchev–Trinajstić information content (AvgIpc) is 2.72. The summed E-state index contributed by atoms with van der Waals surface area (Å²) in [6.45, 7) is 2.23. The molecule has 1 aromatic rings. The van der Waals surface area contributed by atoms with E-state index >= 15 is 0 Å². The fraction of sp³-hybridized carbons (Fsp3) is 0.357. The lowest BCUT2D eigenvalue weighted by molar-refractivity contribution is -0.121. The lowest BCUT2D eigenvalue weighted by Crippen LogP contribution is -2.33. The molecule has 118 valence electrons. The second-order valence-electron chi connectivity index (χ2n) is 4.76. The van der Waals surface area contributed by atoms with Gasteiger partial charge in [-0.15, -0.1) is 0 Å². The maximum absolute atomic E-state index is 13.7. The van der Waals surface area contributed by atoms with Gasteiger partial charge < -0.3 is 10.6 Å². The second-order valence-corrected chi connectivity index (χ2v) is 4.76. The Morgan fingerprint density at radius 2 is 2.09 bits per heavy atom. The Bertz CT molecular complexity index is 621. The first kappa shape index (κ1) is 15.9. The Kier molecular flexibility index (Phi) is 4.69. The van der Waals surface area contributed by atoms with Crippen molar-refractivity contribution in [2.75, 3.05) is 11.4 Å². The van der Waals surface area contributed by atoms with Crippen LogP contribution in [0.3, 0.4) is 0 Å². The number of amides is 4. The molecule has 1 saturated heterocycles. The quantitative estimate of drug-likeness (QED) is 0.805. The van der Waals surface area contributed by atoms with E-state index in [0.717, 1.165) is 12.1 Å². The van der Waals surface area contributed by atoms with E-state index < -0.39 is 29.6 Å². The van der Waals surface area contributed by atoms with E-state index in [2.05, 4.69) is 10.6 Å². The number of halogens is 2. The molecule has 0 radical (unpaired) electrons. The molecule has 4 amide bonds. The second kappa shape index (κ2) is 6.50. The van der Waals surface area contributed by atoms with Crippen LogP contribution < -0.4 is 15.5 Å². The number of carbonyl (C=O) groups excluding carboxylic acids is 3. The molecule has 1 aliphatic heterocycles. The first-order chi connectivity index (χ1) is 10.4. The van der Waals surface area contributed by atoms with Gasteiger partial charge in [0, 0.05) is 19.0 Å². The van der Waals surface area contributed by atoms with Crippen molar-refractivity contribution in [3.8, 4) is 0 Å². The van der Waals surface area contributed by atoms with Gasteiger partial charge >= 0.3 is 6.03 Å². The van der Waals surface area contributed by atoms with Crippen LogP contribution >= 0.6 is 0 Å². The highest BCUT2D eigenvalue weighted by molar-refractivity contribution is 6.21. The summed E-state index contributed by atoms with van der Waals surface area (Å²) in [6.07, 6.45) is 0.167. The van der Waals surface area contributed by atoms with Crippen molar-refractivity contribution in [2.24, 2.45) is 0 Å². The third-order valence-electron chi connectivity index (χ3n) is 3.20. The maximum atomic E-state index is 13.7. The van der Waals surface area contributed by atoms with E-state index in [4.69, 9.17) is 0 Å². The zero-order valence-corrected chi connectivity index (χ0v) is 11.9. The summed E-state index contributed by atoms with van der Waals surface area (Å²) < 4.78 is 26.6. The standard InChI is InChI=1S/C14H15F2N3O3/c1-2-17-12(20)6-4-10-13(21)19(14(22)18-10)11-5-3-8(15)7-9(11)16/h3,5,7,10H,2,4,6H2,1H3,(H,17,20)(H,18,22)/t10-/m0/s1. The van der Waals surface area contributed by atoms with Crippen LogP contribution in [0.1, 0.15) is 19.8 Å². The van der Waals surface area contributed by atoms with Gasteiger partial charge in [-0.05, 0) is 25.5 Å². The van der Waals surface area contributed by atoms with Gasteiger partial charge in [0.2, 0.25) is 5.91 Å². The molecule has 0 saturated carbocycles. The largest absolute Gasteiger partial charge is 0.356 e. The number of urea groups is 1. The summed E-state index contributed by atoms with van der Waals surface area (Å²) in [5.74, 6) is -2.72. The highest BCUT2D eigenvalue weighted by Gasteiger charge is 2.40. The van der Waals surface area contributed by atoms with Crippen LogP contribution in [0, 0.1) is 11.6 Å². The molecular weight excluding hydrogens is 296 g/mol. The number of hydrogen-bond donors (Lipinski definition) is 2. The average molecular weight is 311 g/mol. The summed E-state index contributed by atoms with van der Waals surface area (Å²) in [6, 6.07) is 0.878. The van der Waals surface area contributed by atoms with Gasteiger partial charge in [-0.3, -0.25) is 9.59 Å². The van der Waals surface area contributed by atoms with Gasteiger partial charge in [0.05, 0.1) is 5.69 Å². The number of carbonyl (C=O) groups is 3. The molecule has 1 atom stereocenters. The third-order valence-corrected chi connectivity index (χ3v) is 3.20. The Labute approximate surface area is 125 Å².